The number of fused-ring (bicyclic) bond motifs is 1. The van der Waals surface area contributed by atoms with Gasteiger partial charge in [0.25, 0.3) is 0 Å². The first kappa shape index (κ1) is 11.9. The van der Waals surface area contributed by atoms with Crippen molar-refractivity contribution in [1.82, 2.24) is 14.6 Å². The van der Waals surface area contributed by atoms with Gasteiger partial charge in [-0.1, -0.05) is 26.8 Å². The number of aryl methyl sites for hydroxylation is 1. The Kier molecular flexibility index (Phi) is 3.05. The Bertz CT molecular complexity index is 513. The predicted octanol–water partition coefficient (Wildman–Crippen LogP) is 2.89. The molecule has 0 radical (unpaired) electrons. The van der Waals surface area contributed by atoms with Crippen LogP contribution in [0.25, 0.3) is 5.65 Å². The van der Waals surface area contributed by atoms with Crippen LogP contribution in [0.1, 0.15) is 32.8 Å². The highest BCUT2D eigenvalue weighted by Gasteiger charge is 2.15. The highest BCUT2D eigenvalue weighted by Crippen LogP contribution is 2.20. The van der Waals surface area contributed by atoms with Crippen molar-refractivity contribution in [3.63, 3.8) is 0 Å². The smallest absolute Gasteiger partial charge is 0.243 e. The lowest BCUT2D eigenvalue weighted by molar-refractivity contribution is 0.376. The number of hydrogen-bond donors (Lipinski definition) is 1. The number of hydrogen-bond acceptors (Lipinski definition) is 3. The van der Waals surface area contributed by atoms with E-state index in [2.05, 4.69) is 36.2 Å². The van der Waals surface area contributed by atoms with Crippen LogP contribution in [0.15, 0.2) is 18.3 Å². The minimum absolute atomic E-state index is 0.270. The summed E-state index contributed by atoms with van der Waals surface area (Å²) in [6.45, 7) is 9.61. The molecule has 0 spiro atoms. The summed E-state index contributed by atoms with van der Waals surface area (Å²) in [7, 11) is 0. The molecule has 0 saturated heterocycles. The Morgan fingerprint density at radius 2 is 2.18 bits per heavy atom. The van der Waals surface area contributed by atoms with E-state index in [0.717, 1.165) is 24.2 Å². The number of nitrogens with one attached hydrogen (secondary N) is 1. The summed E-state index contributed by atoms with van der Waals surface area (Å²) < 4.78 is 1.82. The third kappa shape index (κ3) is 2.57. The lowest BCUT2D eigenvalue weighted by Gasteiger charge is -2.22. The number of pyridine rings is 1. The molecule has 0 fully saturated rings. The summed E-state index contributed by atoms with van der Waals surface area (Å²) in [5, 5.41) is 7.71. The Balaban J connectivity index is 2.18. The standard InChI is InChI=1S/C13H20N4/c1-5-13(3,4)9-14-12-15-11-10(2)7-6-8-17(11)16-12/h6-8H,5,9H2,1-4H3,(H,14,16). The van der Waals surface area contributed by atoms with Gasteiger partial charge in [0.05, 0.1) is 0 Å². The molecule has 2 heterocycles. The minimum Gasteiger partial charge on any atom is -0.352 e. The normalized spacial score (nSPS) is 12.0. The molecule has 17 heavy (non-hydrogen) atoms. The SMILES string of the molecule is CCC(C)(C)CNc1nc2c(C)cccn2n1. The number of aromatic nitrogens is 3. The summed E-state index contributed by atoms with van der Waals surface area (Å²) >= 11 is 0. The lowest BCUT2D eigenvalue weighted by Crippen LogP contribution is -2.22. The fourth-order valence-electron chi connectivity index (χ4n) is 1.56. The van der Waals surface area contributed by atoms with E-state index in [1.807, 2.05) is 29.8 Å². The van der Waals surface area contributed by atoms with E-state index < -0.39 is 0 Å². The van der Waals surface area contributed by atoms with E-state index in [1.165, 1.54) is 0 Å². The molecule has 2 aromatic heterocycles. The average molecular weight is 232 g/mol. The Labute approximate surface area is 102 Å². The Morgan fingerprint density at radius 1 is 1.41 bits per heavy atom. The van der Waals surface area contributed by atoms with Gasteiger partial charge in [-0.3, -0.25) is 0 Å². The summed E-state index contributed by atoms with van der Waals surface area (Å²) in [4.78, 5) is 4.49. The number of rotatable bonds is 4. The van der Waals surface area contributed by atoms with Crippen LogP contribution in [0.5, 0.6) is 0 Å². The van der Waals surface area contributed by atoms with Gasteiger partial charge in [-0.15, -0.1) is 5.10 Å². The number of anilines is 1. The first-order chi connectivity index (χ1) is 8.02. The third-order valence-corrected chi connectivity index (χ3v) is 3.24. The van der Waals surface area contributed by atoms with E-state index in [9.17, 15) is 0 Å². The van der Waals surface area contributed by atoms with Gasteiger partial charge in [0.15, 0.2) is 5.65 Å². The summed E-state index contributed by atoms with van der Waals surface area (Å²) in [6.07, 6.45) is 3.05. The van der Waals surface area contributed by atoms with E-state index in [4.69, 9.17) is 0 Å². The third-order valence-electron chi connectivity index (χ3n) is 3.24. The fourth-order valence-corrected chi connectivity index (χ4v) is 1.56. The van der Waals surface area contributed by atoms with Gasteiger partial charge in [-0.2, -0.15) is 4.98 Å². The van der Waals surface area contributed by atoms with E-state index >= 15 is 0 Å². The molecule has 0 aliphatic rings. The molecule has 0 atom stereocenters. The maximum atomic E-state index is 4.49. The van der Waals surface area contributed by atoms with Crippen molar-refractivity contribution >= 4 is 11.6 Å². The van der Waals surface area contributed by atoms with Gasteiger partial charge < -0.3 is 5.32 Å². The van der Waals surface area contributed by atoms with Crippen LogP contribution in [0.3, 0.4) is 0 Å². The van der Waals surface area contributed by atoms with E-state index in [-0.39, 0.29) is 5.41 Å². The van der Waals surface area contributed by atoms with Crippen LogP contribution >= 0.6 is 0 Å². The molecule has 0 aromatic carbocycles. The van der Waals surface area contributed by atoms with Crippen molar-refractivity contribution in [2.75, 3.05) is 11.9 Å². The fraction of sp³-hybridized carbons (Fsp3) is 0.538. The zero-order chi connectivity index (χ0) is 12.5. The van der Waals surface area contributed by atoms with Crippen molar-refractivity contribution < 1.29 is 0 Å². The van der Waals surface area contributed by atoms with Gasteiger partial charge in [-0.05, 0) is 30.4 Å². The molecule has 2 aromatic rings. The van der Waals surface area contributed by atoms with Crippen LogP contribution < -0.4 is 5.32 Å². The van der Waals surface area contributed by atoms with Crippen LogP contribution in [-0.4, -0.2) is 21.1 Å². The van der Waals surface area contributed by atoms with Crippen LogP contribution in [0.2, 0.25) is 0 Å². The molecule has 0 bridgehead atoms. The topological polar surface area (TPSA) is 42.2 Å². The molecule has 0 saturated carbocycles. The molecule has 4 nitrogen and oxygen atoms in total. The molecule has 0 aliphatic carbocycles. The van der Waals surface area contributed by atoms with Crippen molar-refractivity contribution in [2.24, 2.45) is 5.41 Å². The summed E-state index contributed by atoms with van der Waals surface area (Å²) in [5.41, 5.74) is 2.33. The molecular formula is C13H20N4. The zero-order valence-corrected chi connectivity index (χ0v) is 11.0. The van der Waals surface area contributed by atoms with Crippen LogP contribution in [-0.2, 0) is 0 Å². The van der Waals surface area contributed by atoms with Crippen LogP contribution in [0, 0.1) is 12.3 Å². The predicted molar refractivity (Wildman–Crippen MR) is 70.3 cm³/mol. The van der Waals surface area contributed by atoms with E-state index in [1.54, 1.807) is 0 Å². The van der Waals surface area contributed by atoms with Crippen LogP contribution in [0.4, 0.5) is 5.95 Å². The molecule has 92 valence electrons. The minimum atomic E-state index is 0.270. The molecule has 2 rings (SSSR count). The molecule has 4 heteroatoms. The first-order valence-electron chi connectivity index (χ1n) is 6.08. The highest BCUT2D eigenvalue weighted by molar-refractivity contribution is 5.49. The zero-order valence-electron chi connectivity index (χ0n) is 11.0. The quantitative estimate of drug-likeness (QED) is 0.881. The molecule has 1 N–H and O–H groups in total. The molecule has 0 aliphatic heterocycles. The largest absolute Gasteiger partial charge is 0.352 e. The van der Waals surface area contributed by atoms with Crippen molar-refractivity contribution in [1.29, 1.82) is 0 Å². The second-order valence-corrected chi connectivity index (χ2v) is 5.27. The lowest BCUT2D eigenvalue weighted by atomic mass is 9.90. The maximum Gasteiger partial charge on any atom is 0.243 e. The molecular weight excluding hydrogens is 212 g/mol. The second kappa shape index (κ2) is 4.35. The second-order valence-electron chi connectivity index (χ2n) is 5.27. The van der Waals surface area contributed by atoms with Gasteiger partial charge in [0.1, 0.15) is 0 Å². The van der Waals surface area contributed by atoms with Crippen molar-refractivity contribution in [3.05, 3.63) is 23.9 Å². The van der Waals surface area contributed by atoms with Gasteiger partial charge in [0, 0.05) is 12.7 Å². The summed E-state index contributed by atoms with van der Waals surface area (Å²) in [6, 6.07) is 4.03. The average Bonchev–Trinajstić information content (AvgIpc) is 2.71. The van der Waals surface area contributed by atoms with Crippen molar-refractivity contribution in [3.8, 4) is 0 Å². The van der Waals surface area contributed by atoms with Crippen molar-refractivity contribution in [2.45, 2.75) is 34.1 Å². The highest BCUT2D eigenvalue weighted by atomic mass is 15.3. The summed E-state index contributed by atoms with van der Waals surface area (Å²) in [5.74, 6) is 0.709. The van der Waals surface area contributed by atoms with Gasteiger partial charge >= 0.3 is 0 Å². The van der Waals surface area contributed by atoms with Gasteiger partial charge in [-0.25, -0.2) is 4.52 Å². The Hall–Kier alpha value is -1.58. The van der Waals surface area contributed by atoms with Gasteiger partial charge in [0.2, 0.25) is 5.95 Å². The first-order valence-corrected chi connectivity index (χ1v) is 6.08. The maximum absolute atomic E-state index is 4.49. The Morgan fingerprint density at radius 3 is 2.82 bits per heavy atom. The van der Waals surface area contributed by atoms with E-state index in [0.29, 0.717) is 5.95 Å². The monoisotopic (exact) mass is 232 g/mol. The number of nitrogens with zero attached hydrogens (tertiary/aromatic N) is 3. The molecule has 0 amide bonds. The molecule has 0 unspecified atom stereocenters.